The molecule has 1 atom stereocenters. The molecule has 5 rings (SSSR count). The molecule has 10 nitrogen and oxygen atoms in total. The van der Waals surface area contributed by atoms with Crippen molar-refractivity contribution in [3.8, 4) is 17.1 Å². The van der Waals surface area contributed by atoms with Gasteiger partial charge in [0.1, 0.15) is 23.3 Å². The number of methoxy groups -OCH3 is 1. The molecule has 3 heterocycles. The molecule has 11 heteroatoms. The summed E-state index contributed by atoms with van der Waals surface area (Å²) in [6.07, 6.45) is 1.74. The Balaban J connectivity index is 1.67. The van der Waals surface area contributed by atoms with E-state index < -0.39 is 16.9 Å². The molecule has 0 saturated carbocycles. The normalized spacial score (nSPS) is 15.1. The molecule has 0 amide bonds. The number of aromatic nitrogens is 1. The molecule has 0 unspecified atom stereocenters. The first kappa shape index (κ1) is 25.9. The number of nitrogens with zero attached hydrogens (tertiary/aromatic N) is 3. The second kappa shape index (κ2) is 10.5. The molecule has 39 heavy (non-hydrogen) atoms. The lowest BCUT2D eigenvalue weighted by Gasteiger charge is -2.22. The number of allylic oxidation sites excluding steroid dienone is 1. The van der Waals surface area contributed by atoms with E-state index in [-0.39, 0.29) is 23.4 Å². The molecular formula is C28H23N3O7S. The van der Waals surface area contributed by atoms with Gasteiger partial charge in [-0.05, 0) is 49.8 Å². The number of ether oxygens (including phenoxy) is 2. The largest absolute Gasteiger partial charge is 0.497 e. The van der Waals surface area contributed by atoms with Gasteiger partial charge in [0.05, 0.1) is 34.4 Å². The average Bonchev–Trinajstić information content (AvgIpc) is 3.53. The molecule has 1 aliphatic heterocycles. The van der Waals surface area contributed by atoms with Crippen molar-refractivity contribution in [1.29, 1.82) is 0 Å². The molecule has 2 aromatic carbocycles. The molecule has 0 aliphatic carbocycles. The highest BCUT2D eigenvalue weighted by Gasteiger charge is 2.35. The Labute approximate surface area is 225 Å². The molecule has 0 fully saturated rings. The zero-order valence-corrected chi connectivity index (χ0v) is 22.1. The third kappa shape index (κ3) is 4.91. The quantitative estimate of drug-likeness (QED) is 0.195. The lowest BCUT2D eigenvalue weighted by atomic mass is 10.0. The Hall–Kier alpha value is -4.77. The van der Waals surface area contributed by atoms with Crippen LogP contribution in [-0.4, -0.2) is 29.2 Å². The number of thiazole rings is 1. The van der Waals surface area contributed by atoms with Gasteiger partial charge in [-0.15, -0.1) is 0 Å². The second-order valence-corrected chi connectivity index (χ2v) is 9.60. The number of hydrogen-bond donors (Lipinski definition) is 0. The molecule has 0 spiro atoms. The van der Waals surface area contributed by atoms with Crippen molar-refractivity contribution in [3.05, 3.63) is 113 Å². The van der Waals surface area contributed by atoms with Gasteiger partial charge in [-0.1, -0.05) is 35.6 Å². The highest BCUT2D eigenvalue weighted by atomic mass is 32.1. The number of benzene rings is 2. The van der Waals surface area contributed by atoms with Gasteiger partial charge in [0, 0.05) is 17.7 Å². The Kier molecular flexibility index (Phi) is 6.99. The number of esters is 1. The summed E-state index contributed by atoms with van der Waals surface area (Å²) in [6, 6.07) is 15.7. The summed E-state index contributed by atoms with van der Waals surface area (Å²) in [5.41, 5.74) is 1.40. The van der Waals surface area contributed by atoms with E-state index in [4.69, 9.17) is 13.9 Å². The van der Waals surface area contributed by atoms with E-state index in [9.17, 15) is 19.7 Å². The van der Waals surface area contributed by atoms with Crippen LogP contribution in [0.5, 0.6) is 5.75 Å². The molecule has 0 radical (unpaired) electrons. The van der Waals surface area contributed by atoms with Crippen LogP contribution in [0.25, 0.3) is 17.4 Å². The fraction of sp³-hybridized carbons (Fsp3) is 0.179. The highest BCUT2D eigenvalue weighted by Crippen LogP contribution is 2.34. The molecular weight excluding hydrogens is 522 g/mol. The Morgan fingerprint density at radius 3 is 2.74 bits per heavy atom. The molecule has 1 aliphatic rings. The van der Waals surface area contributed by atoms with Gasteiger partial charge in [0.25, 0.3) is 11.2 Å². The Morgan fingerprint density at radius 2 is 2.00 bits per heavy atom. The zero-order chi connectivity index (χ0) is 27.7. The first-order chi connectivity index (χ1) is 18.8. The molecule has 4 aromatic rings. The third-order valence-corrected chi connectivity index (χ3v) is 7.13. The molecule has 0 bridgehead atoms. The minimum atomic E-state index is -0.944. The smallest absolute Gasteiger partial charge is 0.338 e. The van der Waals surface area contributed by atoms with Crippen molar-refractivity contribution < 1.29 is 23.6 Å². The first-order valence-corrected chi connectivity index (χ1v) is 12.8. The summed E-state index contributed by atoms with van der Waals surface area (Å²) in [4.78, 5) is 42.6. The van der Waals surface area contributed by atoms with Crippen LogP contribution >= 0.6 is 11.3 Å². The van der Waals surface area contributed by atoms with E-state index in [1.807, 2.05) is 24.3 Å². The predicted octanol–water partition coefficient (Wildman–Crippen LogP) is 3.98. The summed E-state index contributed by atoms with van der Waals surface area (Å²) < 4.78 is 18.6. The minimum absolute atomic E-state index is 0.0843. The maximum Gasteiger partial charge on any atom is 0.338 e. The number of rotatable bonds is 7. The third-order valence-electron chi connectivity index (χ3n) is 6.15. The van der Waals surface area contributed by atoms with Crippen molar-refractivity contribution in [2.45, 2.75) is 19.9 Å². The summed E-state index contributed by atoms with van der Waals surface area (Å²) in [5, 5.41) is 11.3. The van der Waals surface area contributed by atoms with Gasteiger partial charge < -0.3 is 13.9 Å². The number of hydrogen-bond acceptors (Lipinski definition) is 9. The van der Waals surface area contributed by atoms with Crippen molar-refractivity contribution in [1.82, 2.24) is 4.57 Å². The van der Waals surface area contributed by atoms with Crippen molar-refractivity contribution >= 4 is 29.1 Å². The van der Waals surface area contributed by atoms with E-state index in [0.717, 1.165) is 5.56 Å². The van der Waals surface area contributed by atoms with Gasteiger partial charge in [0.2, 0.25) is 0 Å². The second-order valence-electron chi connectivity index (χ2n) is 8.59. The number of nitro groups is 1. The van der Waals surface area contributed by atoms with Crippen LogP contribution in [0.15, 0.2) is 86.1 Å². The lowest BCUT2D eigenvalue weighted by molar-refractivity contribution is -0.384. The summed E-state index contributed by atoms with van der Waals surface area (Å²) in [6.45, 7) is 3.52. The van der Waals surface area contributed by atoms with E-state index in [2.05, 4.69) is 4.99 Å². The van der Waals surface area contributed by atoms with Crippen molar-refractivity contribution in [2.75, 3.05) is 13.7 Å². The van der Waals surface area contributed by atoms with Gasteiger partial charge in [0.15, 0.2) is 4.80 Å². The van der Waals surface area contributed by atoms with Crippen LogP contribution in [0.3, 0.4) is 0 Å². The summed E-state index contributed by atoms with van der Waals surface area (Å²) in [5.74, 6) is 0.686. The zero-order valence-electron chi connectivity index (χ0n) is 21.2. The maximum absolute atomic E-state index is 13.7. The summed E-state index contributed by atoms with van der Waals surface area (Å²) in [7, 11) is 1.57. The van der Waals surface area contributed by atoms with Gasteiger partial charge in [-0.3, -0.25) is 19.5 Å². The van der Waals surface area contributed by atoms with Gasteiger partial charge >= 0.3 is 5.97 Å². The van der Waals surface area contributed by atoms with Crippen molar-refractivity contribution in [2.24, 2.45) is 4.99 Å². The monoisotopic (exact) mass is 545 g/mol. The van der Waals surface area contributed by atoms with E-state index in [0.29, 0.717) is 37.9 Å². The van der Waals surface area contributed by atoms with Crippen LogP contribution in [0, 0.1) is 10.1 Å². The van der Waals surface area contributed by atoms with Crippen molar-refractivity contribution in [3.63, 3.8) is 0 Å². The fourth-order valence-electron chi connectivity index (χ4n) is 4.37. The van der Waals surface area contributed by atoms with Crippen LogP contribution in [0.4, 0.5) is 5.69 Å². The molecule has 198 valence electrons. The van der Waals surface area contributed by atoms with Gasteiger partial charge in [-0.2, -0.15) is 0 Å². The first-order valence-electron chi connectivity index (χ1n) is 12.0. The number of fused-ring (bicyclic) bond motifs is 1. The Bertz CT molecular complexity index is 1810. The van der Waals surface area contributed by atoms with Crippen LogP contribution in [0.1, 0.15) is 31.2 Å². The standard InChI is InChI=1S/C28H23N3O7S/c1-4-37-27(33)24-16(2)29-28-30(26(32)23(39-28)14-17-7-5-10-20(13-17)36-3)25(24)22-12-11-21(38-22)18-8-6-9-19(15-18)31(34)35/h5-15,25H,4H2,1-3H3/b23-14-/t25-/m1/s1. The molecule has 2 aromatic heterocycles. The topological polar surface area (TPSA) is 126 Å². The lowest BCUT2D eigenvalue weighted by Crippen LogP contribution is -2.39. The highest BCUT2D eigenvalue weighted by molar-refractivity contribution is 7.07. The van der Waals surface area contributed by atoms with Crippen LogP contribution in [-0.2, 0) is 9.53 Å². The molecule has 0 N–H and O–H groups in total. The van der Waals surface area contributed by atoms with Crippen LogP contribution in [0.2, 0.25) is 0 Å². The summed E-state index contributed by atoms with van der Waals surface area (Å²) >= 11 is 1.19. The van der Waals surface area contributed by atoms with E-state index >= 15 is 0 Å². The average molecular weight is 546 g/mol. The number of furan rings is 1. The number of non-ortho nitro benzene ring substituents is 1. The predicted molar refractivity (Wildman–Crippen MR) is 144 cm³/mol. The van der Waals surface area contributed by atoms with E-state index in [1.54, 1.807) is 51.3 Å². The molecule has 0 saturated heterocycles. The van der Waals surface area contributed by atoms with E-state index in [1.165, 1.54) is 28.0 Å². The van der Waals surface area contributed by atoms with Gasteiger partial charge in [-0.25, -0.2) is 9.79 Å². The Morgan fingerprint density at radius 1 is 1.21 bits per heavy atom. The van der Waals surface area contributed by atoms with Crippen LogP contribution < -0.4 is 19.6 Å². The minimum Gasteiger partial charge on any atom is -0.497 e. The maximum atomic E-state index is 13.7. The number of nitro benzene ring substituents is 1. The fourth-order valence-corrected chi connectivity index (χ4v) is 5.42. The SMILES string of the molecule is CCOC(=O)C1=C(C)N=c2s/c(=C\c3cccc(OC)c3)c(=O)n2[C@@H]1c1ccc(-c2cccc([N+](=O)[O-])c2)o1. The number of carbonyl (C=O) groups excluding carboxylic acids is 1. The number of carbonyl (C=O) groups is 1.